The van der Waals surface area contributed by atoms with E-state index < -0.39 is 29.1 Å². The molecule has 110 valence electrons. The normalized spacial score (nSPS) is 10.3. The number of amides is 3. The SMILES string of the molecule is Cc1noc(C)c1NC(=O)NC(=O)c1c(F)cccc1F. The van der Waals surface area contributed by atoms with Crippen LogP contribution in [0.1, 0.15) is 21.8 Å². The molecule has 1 heterocycles. The zero-order chi connectivity index (χ0) is 15.6. The maximum Gasteiger partial charge on any atom is 0.326 e. The summed E-state index contributed by atoms with van der Waals surface area (Å²) in [6.07, 6.45) is 0. The van der Waals surface area contributed by atoms with Crippen molar-refractivity contribution >= 4 is 17.6 Å². The van der Waals surface area contributed by atoms with Gasteiger partial charge in [0.1, 0.15) is 28.6 Å². The van der Waals surface area contributed by atoms with Crippen LogP contribution in [0.25, 0.3) is 0 Å². The molecule has 0 atom stereocenters. The summed E-state index contributed by atoms with van der Waals surface area (Å²) in [6, 6.07) is 2.01. The van der Waals surface area contributed by atoms with Crippen LogP contribution in [0, 0.1) is 25.5 Å². The Morgan fingerprint density at radius 3 is 2.33 bits per heavy atom. The van der Waals surface area contributed by atoms with Gasteiger partial charge in [0, 0.05) is 0 Å². The molecular weight excluding hydrogens is 284 g/mol. The maximum absolute atomic E-state index is 13.4. The van der Waals surface area contributed by atoms with Gasteiger partial charge in [0.2, 0.25) is 0 Å². The van der Waals surface area contributed by atoms with Gasteiger partial charge in [-0.05, 0) is 26.0 Å². The summed E-state index contributed by atoms with van der Waals surface area (Å²) in [5.74, 6) is -2.96. The number of anilines is 1. The standard InChI is InChI=1S/C13H11F2N3O3/c1-6-11(7(2)21-18-6)16-13(20)17-12(19)10-8(14)4-3-5-9(10)15/h3-5H,1-2H3,(H2,16,17,19,20). The fourth-order valence-electron chi connectivity index (χ4n) is 1.69. The highest BCUT2D eigenvalue weighted by molar-refractivity contribution is 6.08. The minimum Gasteiger partial charge on any atom is -0.359 e. The van der Waals surface area contributed by atoms with E-state index in [0.717, 1.165) is 18.2 Å². The predicted molar refractivity (Wildman–Crippen MR) is 68.8 cm³/mol. The van der Waals surface area contributed by atoms with Gasteiger partial charge < -0.3 is 9.84 Å². The molecule has 0 fully saturated rings. The second-order valence-corrected chi connectivity index (χ2v) is 4.20. The summed E-state index contributed by atoms with van der Waals surface area (Å²) in [6.45, 7) is 3.15. The Morgan fingerprint density at radius 1 is 1.19 bits per heavy atom. The minimum atomic E-state index is -1.19. The fraction of sp³-hybridized carbons (Fsp3) is 0.154. The Kier molecular flexibility index (Phi) is 3.97. The molecule has 0 spiro atoms. The molecule has 1 aromatic carbocycles. The third-order valence-electron chi connectivity index (χ3n) is 2.69. The summed E-state index contributed by atoms with van der Waals surface area (Å²) in [5.41, 5.74) is -0.132. The van der Waals surface area contributed by atoms with Crippen molar-refractivity contribution in [2.75, 3.05) is 5.32 Å². The monoisotopic (exact) mass is 295 g/mol. The molecule has 0 unspecified atom stereocenters. The smallest absolute Gasteiger partial charge is 0.326 e. The van der Waals surface area contributed by atoms with Gasteiger partial charge in [-0.3, -0.25) is 10.1 Å². The van der Waals surface area contributed by atoms with Crippen LogP contribution in [-0.2, 0) is 0 Å². The molecule has 2 N–H and O–H groups in total. The molecule has 6 nitrogen and oxygen atoms in total. The number of halogens is 2. The quantitative estimate of drug-likeness (QED) is 0.891. The van der Waals surface area contributed by atoms with Gasteiger partial charge in [0.25, 0.3) is 5.91 Å². The van der Waals surface area contributed by atoms with E-state index >= 15 is 0 Å². The Balaban J connectivity index is 2.11. The highest BCUT2D eigenvalue weighted by atomic mass is 19.1. The van der Waals surface area contributed by atoms with Crippen LogP contribution in [-0.4, -0.2) is 17.1 Å². The van der Waals surface area contributed by atoms with Gasteiger partial charge in [-0.25, -0.2) is 13.6 Å². The lowest BCUT2D eigenvalue weighted by molar-refractivity contribution is 0.0959. The molecule has 0 saturated heterocycles. The number of aromatic nitrogens is 1. The Bertz CT molecular complexity index is 673. The van der Waals surface area contributed by atoms with Gasteiger partial charge >= 0.3 is 6.03 Å². The summed E-state index contributed by atoms with van der Waals surface area (Å²) in [5, 5.41) is 7.77. The minimum absolute atomic E-state index is 0.286. The van der Waals surface area contributed by atoms with E-state index in [-0.39, 0.29) is 5.69 Å². The molecule has 21 heavy (non-hydrogen) atoms. The van der Waals surface area contributed by atoms with Gasteiger partial charge in [0.15, 0.2) is 5.76 Å². The number of nitrogens with zero attached hydrogens (tertiary/aromatic N) is 1. The van der Waals surface area contributed by atoms with Crippen LogP contribution in [0.4, 0.5) is 19.3 Å². The summed E-state index contributed by atoms with van der Waals surface area (Å²) in [4.78, 5) is 23.4. The molecule has 0 bridgehead atoms. The number of urea groups is 1. The lowest BCUT2D eigenvalue weighted by Crippen LogP contribution is -2.35. The van der Waals surface area contributed by atoms with Crippen LogP contribution in [0.3, 0.4) is 0 Å². The van der Waals surface area contributed by atoms with Crippen molar-refractivity contribution in [3.63, 3.8) is 0 Å². The van der Waals surface area contributed by atoms with E-state index in [9.17, 15) is 18.4 Å². The third-order valence-corrected chi connectivity index (χ3v) is 2.69. The number of aryl methyl sites for hydroxylation is 2. The highest BCUT2D eigenvalue weighted by Gasteiger charge is 2.20. The average molecular weight is 295 g/mol. The van der Waals surface area contributed by atoms with Crippen molar-refractivity contribution in [1.82, 2.24) is 10.5 Å². The van der Waals surface area contributed by atoms with Crippen molar-refractivity contribution in [1.29, 1.82) is 0 Å². The predicted octanol–water partition coefficient (Wildman–Crippen LogP) is 2.53. The van der Waals surface area contributed by atoms with Gasteiger partial charge in [-0.1, -0.05) is 11.2 Å². The maximum atomic E-state index is 13.4. The third kappa shape index (κ3) is 3.04. The Labute approximate surface area is 118 Å². The lowest BCUT2D eigenvalue weighted by atomic mass is 10.2. The lowest BCUT2D eigenvalue weighted by Gasteiger charge is -2.07. The first-order chi connectivity index (χ1) is 9.90. The number of carbonyl (C=O) groups excluding carboxylic acids is 2. The topological polar surface area (TPSA) is 84.2 Å². The zero-order valence-electron chi connectivity index (χ0n) is 11.2. The van der Waals surface area contributed by atoms with Crippen molar-refractivity contribution in [3.05, 3.63) is 46.9 Å². The number of rotatable bonds is 2. The molecule has 2 aromatic rings. The molecule has 0 aliphatic heterocycles. The van der Waals surface area contributed by atoms with Gasteiger partial charge in [0.05, 0.1) is 0 Å². The van der Waals surface area contributed by atoms with E-state index in [1.54, 1.807) is 13.8 Å². The average Bonchev–Trinajstić information content (AvgIpc) is 2.70. The van der Waals surface area contributed by atoms with Crippen LogP contribution in [0.5, 0.6) is 0 Å². The molecule has 0 aliphatic rings. The highest BCUT2D eigenvalue weighted by Crippen LogP contribution is 2.18. The van der Waals surface area contributed by atoms with E-state index in [1.807, 2.05) is 5.32 Å². The van der Waals surface area contributed by atoms with Crippen LogP contribution >= 0.6 is 0 Å². The van der Waals surface area contributed by atoms with Crippen molar-refractivity contribution < 1.29 is 22.9 Å². The molecule has 8 heteroatoms. The molecule has 0 radical (unpaired) electrons. The van der Waals surface area contributed by atoms with E-state index in [1.165, 1.54) is 0 Å². The number of hydrogen-bond donors (Lipinski definition) is 2. The molecule has 2 rings (SSSR count). The number of hydrogen-bond acceptors (Lipinski definition) is 4. The molecule has 3 amide bonds. The molecule has 1 aromatic heterocycles. The Morgan fingerprint density at radius 2 is 1.81 bits per heavy atom. The second kappa shape index (κ2) is 5.70. The van der Waals surface area contributed by atoms with E-state index in [2.05, 4.69) is 10.5 Å². The zero-order valence-corrected chi connectivity index (χ0v) is 11.2. The first kappa shape index (κ1) is 14.6. The molecular formula is C13H11F2N3O3. The van der Waals surface area contributed by atoms with Gasteiger partial charge in [-0.15, -0.1) is 0 Å². The first-order valence-electron chi connectivity index (χ1n) is 5.89. The van der Waals surface area contributed by atoms with Crippen LogP contribution in [0.2, 0.25) is 0 Å². The number of carbonyl (C=O) groups is 2. The summed E-state index contributed by atoms with van der Waals surface area (Å²) < 4.78 is 31.6. The summed E-state index contributed by atoms with van der Waals surface area (Å²) in [7, 11) is 0. The van der Waals surface area contributed by atoms with Gasteiger partial charge in [-0.2, -0.15) is 0 Å². The Hall–Kier alpha value is -2.77. The fourth-order valence-corrected chi connectivity index (χ4v) is 1.69. The first-order valence-corrected chi connectivity index (χ1v) is 5.89. The van der Waals surface area contributed by atoms with Crippen molar-refractivity contribution in [2.45, 2.75) is 13.8 Å². The molecule has 0 aliphatic carbocycles. The number of imide groups is 1. The molecule has 0 saturated carbocycles. The summed E-state index contributed by atoms with van der Waals surface area (Å²) >= 11 is 0. The van der Waals surface area contributed by atoms with Crippen LogP contribution < -0.4 is 10.6 Å². The van der Waals surface area contributed by atoms with Crippen LogP contribution in [0.15, 0.2) is 22.7 Å². The number of nitrogens with one attached hydrogen (secondary N) is 2. The largest absolute Gasteiger partial charge is 0.359 e. The van der Waals surface area contributed by atoms with Crippen molar-refractivity contribution in [2.24, 2.45) is 0 Å². The number of benzene rings is 1. The van der Waals surface area contributed by atoms with E-state index in [0.29, 0.717) is 11.5 Å². The second-order valence-electron chi connectivity index (χ2n) is 4.20. The van der Waals surface area contributed by atoms with E-state index in [4.69, 9.17) is 4.52 Å². The van der Waals surface area contributed by atoms with Crippen molar-refractivity contribution in [3.8, 4) is 0 Å².